The molecule has 7 nitrogen and oxygen atoms in total. The van der Waals surface area contributed by atoms with Gasteiger partial charge in [0.25, 0.3) is 5.91 Å². The van der Waals surface area contributed by atoms with Gasteiger partial charge < -0.3 is 9.88 Å². The molecule has 3 rings (SSSR count). The highest BCUT2D eigenvalue weighted by Gasteiger charge is 2.32. The van der Waals surface area contributed by atoms with Crippen molar-refractivity contribution >= 4 is 33.6 Å². The van der Waals surface area contributed by atoms with Crippen LogP contribution in [0, 0.1) is 10.7 Å². The third kappa shape index (κ3) is 6.46. The van der Waals surface area contributed by atoms with Gasteiger partial charge in [-0.05, 0) is 43.2 Å². The van der Waals surface area contributed by atoms with Crippen LogP contribution in [0.3, 0.4) is 0 Å². The molecule has 3 atom stereocenters. The lowest BCUT2D eigenvalue weighted by Crippen LogP contribution is -2.37. The molecule has 1 amide bonds. The molecule has 34 heavy (non-hydrogen) atoms. The highest BCUT2D eigenvalue weighted by Crippen LogP contribution is 2.30. The van der Waals surface area contributed by atoms with Crippen LogP contribution in [0.5, 0.6) is 0 Å². The van der Waals surface area contributed by atoms with Crippen molar-refractivity contribution in [2.24, 2.45) is 18.0 Å². The second kappa shape index (κ2) is 11.6. The van der Waals surface area contributed by atoms with Gasteiger partial charge >= 0.3 is 0 Å². The zero-order valence-electron chi connectivity index (χ0n) is 19.6. The predicted octanol–water partition coefficient (Wildman–Crippen LogP) is 4.59. The minimum Gasteiger partial charge on any atom is -0.347 e. The summed E-state index contributed by atoms with van der Waals surface area (Å²) in [5, 5.41) is 3.06. The van der Waals surface area contributed by atoms with Crippen molar-refractivity contribution < 1.29 is 9.00 Å². The van der Waals surface area contributed by atoms with Crippen molar-refractivity contribution in [2.45, 2.75) is 43.5 Å². The van der Waals surface area contributed by atoms with Crippen molar-refractivity contribution in [3.05, 3.63) is 77.2 Å². The van der Waals surface area contributed by atoms with Crippen molar-refractivity contribution in [1.29, 1.82) is 4.78 Å². The van der Waals surface area contributed by atoms with E-state index in [0.29, 0.717) is 29.0 Å². The molecule has 1 aliphatic heterocycles. The van der Waals surface area contributed by atoms with E-state index in [4.69, 9.17) is 16.4 Å². The Kier molecular flexibility index (Phi) is 8.88. The summed E-state index contributed by atoms with van der Waals surface area (Å²) in [5.74, 6) is -0.0762. The van der Waals surface area contributed by atoms with Crippen LogP contribution in [0.15, 0.2) is 70.3 Å². The van der Waals surface area contributed by atoms with E-state index < -0.39 is 9.92 Å². The van der Waals surface area contributed by atoms with Crippen LogP contribution in [-0.2, 0) is 29.8 Å². The smallest absolute Gasteiger partial charge is 0.268 e. The van der Waals surface area contributed by atoms with E-state index in [-0.39, 0.29) is 29.6 Å². The molecule has 0 aliphatic carbocycles. The maximum absolute atomic E-state index is 13.4. The molecule has 0 saturated heterocycles. The lowest BCUT2D eigenvalue weighted by atomic mass is 9.91. The molecule has 0 fully saturated rings. The first kappa shape index (κ1) is 25.9. The quantitative estimate of drug-likeness (QED) is 0.346. The zero-order valence-corrected chi connectivity index (χ0v) is 21.2. The van der Waals surface area contributed by atoms with E-state index in [9.17, 15) is 9.00 Å². The Labute approximate surface area is 207 Å². The highest BCUT2D eigenvalue weighted by molar-refractivity contribution is 7.90. The molecule has 9 heteroatoms. The molecule has 0 bridgehead atoms. The van der Waals surface area contributed by atoms with Gasteiger partial charge in [-0.25, -0.2) is 18.7 Å². The van der Waals surface area contributed by atoms with Crippen LogP contribution in [0.1, 0.15) is 41.4 Å². The van der Waals surface area contributed by atoms with Crippen molar-refractivity contribution in [1.82, 2.24) is 14.6 Å². The van der Waals surface area contributed by atoms with E-state index in [0.717, 1.165) is 12.8 Å². The van der Waals surface area contributed by atoms with E-state index >= 15 is 0 Å². The number of hydrogen-bond donors (Lipinski definition) is 3. The molecule has 2 aromatic rings. The van der Waals surface area contributed by atoms with Gasteiger partial charge in [0.1, 0.15) is 20.8 Å². The Balaban J connectivity index is 1.72. The van der Waals surface area contributed by atoms with Crippen LogP contribution < -0.4 is 10.0 Å². The number of allylic oxidation sites excluding steroid dienone is 1. The summed E-state index contributed by atoms with van der Waals surface area (Å²) in [4.78, 5) is 17.3. The molecule has 0 radical (unpaired) electrons. The first-order chi connectivity index (χ1) is 16.2. The number of aryl methyl sites for hydroxylation is 2. The fourth-order valence-corrected chi connectivity index (χ4v) is 6.09. The summed E-state index contributed by atoms with van der Waals surface area (Å²) in [6, 6.07) is 10.2. The summed E-state index contributed by atoms with van der Waals surface area (Å²) < 4.78 is 26.7. The Morgan fingerprint density at radius 2 is 2.18 bits per heavy atom. The van der Waals surface area contributed by atoms with E-state index in [1.54, 1.807) is 23.9 Å². The molecule has 2 heterocycles. The van der Waals surface area contributed by atoms with Gasteiger partial charge in [0.05, 0.1) is 4.90 Å². The molecule has 0 saturated carbocycles. The standard InChI is InChI=1S/C25H32ClN5O2S/c1-4-15-28-23(26)14-16-29-25(32)24-20-12-13-21(30-34(27,33)22(20)17-31(24)3)18(2)10-11-19-8-6-5-7-9-19/h4-9,14-15,17-18,21H,1,10-13,16H2,2-3H3,(H,29,32)(H2,27,30,33)/b23-14-,28-15-/t18-,21+,34?/m0/s1. The molecule has 1 aromatic carbocycles. The maximum atomic E-state index is 13.4. The first-order valence-electron chi connectivity index (χ1n) is 11.3. The summed E-state index contributed by atoms with van der Waals surface area (Å²) >= 11 is 5.97. The Morgan fingerprint density at radius 1 is 1.44 bits per heavy atom. The number of fused-ring (bicyclic) bond motifs is 1. The number of nitrogens with zero attached hydrogens (tertiary/aromatic N) is 2. The van der Waals surface area contributed by atoms with Gasteiger partial charge in [0, 0.05) is 37.6 Å². The molecular weight excluding hydrogens is 470 g/mol. The number of rotatable bonds is 9. The maximum Gasteiger partial charge on any atom is 0.268 e. The number of halogens is 1. The molecule has 3 N–H and O–H groups in total. The van der Waals surface area contributed by atoms with Crippen molar-refractivity contribution in [2.75, 3.05) is 6.54 Å². The molecule has 1 unspecified atom stereocenters. The summed E-state index contributed by atoms with van der Waals surface area (Å²) in [6.45, 7) is 5.86. The number of carbonyl (C=O) groups is 1. The van der Waals surface area contributed by atoms with E-state index in [2.05, 4.69) is 40.7 Å². The molecular formula is C25H32ClN5O2S. The third-order valence-corrected chi connectivity index (χ3v) is 7.91. The number of carbonyl (C=O) groups excluding carboxylic acids is 1. The third-order valence-electron chi connectivity index (χ3n) is 6.05. The predicted molar refractivity (Wildman–Crippen MR) is 139 cm³/mol. The van der Waals surface area contributed by atoms with Crippen LogP contribution in [0.2, 0.25) is 0 Å². The summed E-state index contributed by atoms with van der Waals surface area (Å²) in [7, 11) is -1.52. The number of benzene rings is 1. The number of aliphatic imine (C=N–C) groups is 1. The topological polar surface area (TPSA) is 99.3 Å². The first-order valence-corrected chi connectivity index (χ1v) is 13.2. The molecule has 1 aliphatic rings. The second-order valence-electron chi connectivity index (χ2n) is 8.50. The highest BCUT2D eigenvalue weighted by atomic mass is 35.5. The van der Waals surface area contributed by atoms with E-state index in [1.165, 1.54) is 17.9 Å². The number of aromatic nitrogens is 1. The Bertz CT molecular complexity index is 1190. The minimum absolute atomic E-state index is 0.0770. The number of hydrogen-bond acceptors (Lipinski definition) is 4. The minimum atomic E-state index is -3.25. The van der Waals surface area contributed by atoms with Gasteiger partial charge in [-0.15, -0.1) is 0 Å². The molecule has 182 valence electrons. The zero-order chi connectivity index (χ0) is 24.7. The molecule has 1 aromatic heterocycles. The Hall–Kier alpha value is -2.68. The normalized spacial score (nSPS) is 21.6. The average Bonchev–Trinajstić information content (AvgIpc) is 3.10. The lowest BCUT2D eigenvalue weighted by molar-refractivity contribution is 0.0948. The summed E-state index contributed by atoms with van der Waals surface area (Å²) in [6.07, 6.45) is 9.32. The molecule has 0 spiro atoms. The van der Waals surface area contributed by atoms with Gasteiger partial charge in [0.2, 0.25) is 0 Å². The largest absolute Gasteiger partial charge is 0.347 e. The second-order valence-corrected chi connectivity index (χ2v) is 10.7. The van der Waals surface area contributed by atoms with Crippen LogP contribution in [0.25, 0.3) is 0 Å². The average molecular weight is 502 g/mol. The Morgan fingerprint density at radius 3 is 2.88 bits per heavy atom. The monoisotopic (exact) mass is 501 g/mol. The fourth-order valence-electron chi connectivity index (χ4n) is 4.20. The SMILES string of the molecule is C=C/C=N\C(Cl)=C/CNC(=O)c1c2c(cn1C)S(=N)(=O)N[C@@H]([C@@H](C)CCc1ccccc1)CC2. The fraction of sp³-hybridized carbons (Fsp3) is 0.360. The van der Waals surface area contributed by atoms with Gasteiger partial charge in [-0.2, -0.15) is 0 Å². The number of nitrogens with one attached hydrogen (secondary N) is 3. The van der Waals surface area contributed by atoms with Crippen LogP contribution in [-0.4, -0.2) is 33.5 Å². The van der Waals surface area contributed by atoms with Gasteiger partial charge in [-0.3, -0.25) is 4.79 Å². The van der Waals surface area contributed by atoms with Crippen LogP contribution in [0.4, 0.5) is 0 Å². The van der Waals surface area contributed by atoms with Gasteiger partial charge in [-0.1, -0.05) is 61.5 Å². The van der Waals surface area contributed by atoms with Crippen molar-refractivity contribution in [3.63, 3.8) is 0 Å². The van der Waals surface area contributed by atoms with Gasteiger partial charge in [0.15, 0.2) is 0 Å². The lowest BCUT2D eigenvalue weighted by Gasteiger charge is -2.24. The van der Waals surface area contributed by atoms with E-state index in [1.807, 2.05) is 18.2 Å². The van der Waals surface area contributed by atoms with Crippen molar-refractivity contribution in [3.8, 4) is 0 Å². The summed E-state index contributed by atoms with van der Waals surface area (Å²) in [5.41, 5.74) is 2.36. The van der Waals surface area contributed by atoms with Crippen LogP contribution >= 0.6 is 11.6 Å². The number of amides is 1.